The number of carbonyl (C=O) groups is 3. The number of benzene rings is 2. The molecule has 0 aliphatic heterocycles. The van der Waals surface area contributed by atoms with Crippen LogP contribution in [0.2, 0.25) is 0 Å². The Labute approximate surface area is 203 Å². The second-order valence-electron chi connectivity index (χ2n) is 8.46. The fourth-order valence-electron chi connectivity index (χ4n) is 4.49. The number of rotatable bonds is 9. The predicted octanol–water partition coefficient (Wildman–Crippen LogP) is 3.44. The summed E-state index contributed by atoms with van der Waals surface area (Å²) in [6.45, 7) is 2.03. The maximum Gasteiger partial charge on any atom is 0.407 e. The highest BCUT2D eigenvalue weighted by molar-refractivity contribution is 5.89. The molecule has 0 spiro atoms. The number of carboxylic acids is 1. The SMILES string of the molecule is CCC[C@H](NC(=O)OCC1c2ccccc2-c2ccccc21)C(=O)NCc1c(C(=O)O)cnn1C. The van der Waals surface area contributed by atoms with Gasteiger partial charge in [-0.15, -0.1) is 0 Å². The van der Waals surface area contributed by atoms with Crippen molar-refractivity contribution in [2.45, 2.75) is 38.3 Å². The molecule has 1 aliphatic carbocycles. The van der Waals surface area contributed by atoms with E-state index < -0.39 is 24.0 Å². The van der Waals surface area contributed by atoms with E-state index in [4.69, 9.17) is 4.74 Å². The summed E-state index contributed by atoms with van der Waals surface area (Å²) in [5, 5.41) is 18.6. The van der Waals surface area contributed by atoms with Crippen LogP contribution in [0.15, 0.2) is 54.7 Å². The van der Waals surface area contributed by atoms with Crippen LogP contribution < -0.4 is 10.6 Å². The Morgan fingerprint density at radius 1 is 1.09 bits per heavy atom. The van der Waals surface area contributed by atoms with Gasteiger partial charge in [-0.2, -0.15) is 5.10 Å². The van der Waals surface area contributed by atoms with Gasteiger partial charge in [-0.3, -0.25) is 9.48 Å². The maximum absolute atomic E-state index is 12.8. The second-order valence-corrected chi connectivity index (χ2v) is 8.46. The van der Waals surface area contributed by atoms with Gasteiger partial charge in [-0.05, 0) is 28.7 Å². The number of aromatic carboxylic acids is 1. The Hall–Kier alpha value is -4.14. The van der Waals surface area contributed by atoms with Crippen molar-refractivity contribution in [3.8, 4) is 11.1 Å². The smallest absolute Gasteiger partial charge is 0.407 e. The van der Waals surface area contributed by atoms with E-state index in [1.54, 1.807) is 7.05 Å². The van der Waals surface area contributed by atoms with Crippen molar-refractivity contribution in [1.29, 1.82) is 0 Å². The highest BCUT2D eigenvalue weighted by atomic mass is 16.5. The number of fused-ring (bicyclic) bond motifs is 3. The average molecular weight is 477 g/mol. The molecule has 182 valence electrons. The van der Waals surface area contributed by atoms with Crippen LogP contribution in [0.4, 0.5) is 4.79 Å². The van der Waals surface area contributed by atoms with E-state index in [2.05, 4.69) is 27.9 Å². The van der Waals surface area contributed by atoms with Gasteiger partial charge in [-0.25, -0.2) is 9.59 Å². The number of amides is 2. The number of ether oxygens (including phenoxy) is 1. The van der Waals surface area contributed by atoms with Crippen molar-refractivity contribution in [2.75, 3.05) is 6.61 Å². The lowest BCUT2D eigenvalue weighted by Crippen LogP contribution is -2.47. The lowest BCUT2D eigenvalue weighted by atomic mass is 9.98. The zero-order valence-electron chi connectivity index (χ0n) is 19.7. The molecule has 0 bridgehead atoms. The number of alkyl carbamates (subject to hydrolysis) is 1. The summed E-state index contributed by atoms with van der Waals surface area (Å²) >= 11 is 0. The summed E-state index contributed by atoms with van der Waals surface area (Å²) in [7, 11) is 1.60. The Kier molecular flexibility index (Phi) is 7.14. The van der Waals surface area contributed by atoms with Crippen molar-refractivity contribution in [3.63, 3.8) is 0 Å². The molecule has 3 aromatic rings. The molecule has 0 saturated carbocycles. The molecular weight excluding hydrogens is 448 g/mol. The summed E-state index contributed by atoms with van der Waals surface area (Å²) in [4.78, 5) is 36.8. The number of hydrogen-bond donors (Lipinski definition) is 3. The number of carboxylic acid groups (broad SMARTS) is 1. The molecule has 9 nitrogen and oxygen atoms in total. The Morgan fingerprint density at radius 3 is 2.31 bits per heavy atom. The van der Waals surface area contributed by atoms with Crippen molar-refractivity contribution >= 4 is 18.0 Å². The Balaban J connectivity index is 1.38. The van der Waals surface area contributed by atoms with E-state index in [1.807, 2.05) is 43.3 Å². The highest BCUT2D eigenvalue weighted by Gasteiger charge is 2.29. The minimum Gasteiger partial charge on any atom is -0.478 e. The summed E-state index contributed by atoms with van der Waals surface area (Å²) in [6, 6.07) is 15.3. The molecular formula is C26H28N4O5. The molecule has 9 heteroatoms. The van der Waals surface area contributed by atoms with E-state index in [1.165, 1.54) is 10.9 Å². The standard InChI is InChI=1S/C26H28N4O5/c1-3-8-22(24(31)27-14-23-20(25(32)33)13-28-30(23)2)29-26(34)35-15-21-18-11-6-4-9-16(18)17-10-5-7-12-19(17)21/h4-7,9-13,21-22H,3,8,14-15H2,1-2H3,(H,27,31)(H,29,34)(H,32,33)/t22-/m0/s1. The number of nitrogens with zero attached hydrogens (tertiary/aromatic N) is 2. The lowest BCUT2D eigenvalue weighted by molar-refractivity contribution is -0.123. The summed E-state index contributed by atoms with van der Waals surface area (Å²) < 4.78 is 6.97. The number of nitrogens with one attached hydrogen (secondary N) is 2. The molecule has 35 heavy (non-hydrogen) atoms. The fraction of sp³-hybridized carbons (Fsp3) is 0.308. The zero-order chi connectivity index (χ0) is 24.9. The molecule has 1 aromatic heterocycles. The van der Waals surface area contributed by atoms with Gasteiger partial charge in [0.2, 0.25) is 5.91 Å². The summed E-state index contributed by atoms with van der Waals surface area (Å²) in [5.41, 5.74) is 4.86. The van der Waals surface area contributed by atoms with Gasteiger partial charge >= 0.3 is 12.1 Å². The van der Waals surface area contributed by atoms with Gasteiger partial charge in [-0.1, -0.05) is 61.9 Å². The van der Waals surface area contributed by atoms with Crippen LogP contribution in [0.25, 0.3) is 11.1 Å². The first-order valence-corrected chi connectivity index (χ1v) is 11.5. The number of aromatic nitrogens is 2. The normalized spacial score (nSPS) is 13.0. The first kappa shape index (κ1) is 24.0. The highest BCUT2D eigenvalue weighted by Crippen LogP contribution is 2.44. The number of aryl methyl sites for hydroxylation is 1. The van der Waals surface area contributed by atoms with Crippen LogP contribution in [-0.2, 0) is 23.1 Å². The van der Waals surface area contributed by atoms with Crippen molar-refractivity contribution in [3.05, 3.63) is 77.1 Å². The van der Waals surface area contributed by atoms with Gasteiger partial charge in [0.05, 0.1) is 18.4 Å². The Bertz CT molecular complexity index is 1210. The minimum absolute atomic E-state index is 0.0179. The van der Waals surface area contributed by atoms with Crippen LogP contribution in [0, 0.1) is 0 Å². The molecule has 2 amide bonds. The first-order valence-electron chi connectivity index (χ1n) is 11.5. The predicted molar refractivity (Wildman–Crippen MR) is 129 cm³/mol. The quantitative estimate of drug-likeness (QED) is 0.435. The molecule has 0 saturated heterocycles. The van der Waals surface area contributed by atoms with E-state index in [-0.39, 0.29) is 24.6 Å². The van der Waals surface area contributed by atoms with Crippen molar-refractivity contribution < 1.29 is 24.2 Å². The molecule has 1 heterocycles. The van der Waals surface area contributed by atoms with Gasteiger partial charge in [0.1, 0.15) is 18.2 Å². The van der Waals surface area contributed by atoms with Gasteiger partial charge in [0.25, 0.3) is 0 Å². The Morgan fingerprint density at radius 2 is 1.71 bits per heavy atom. The molecule has 0 unspecified atom stereocenters. The van der Waals surface area contributed by atoms with E-state index in [0.29, 0.717) is 18.5 Å². The molecule has 1 atom stereocenters. The van der Waals surface area contributed by atoms with Crippen LogP contribution in [0.5, 0.6) is 0 Å². The van der Waals surface area contributed by atoms with E-state index >= 15 is 0 Å². The molecule has 1 aliphatic rings. The van der Waals surface area contributed by atoms with Gasteiger partial charge < -0.3 is 20.5 Å². The average Bonchev–Trinajstić information content (AvgIpc) is 3.38. The number of carbonyl (C=O) groups excluding carboxylic acids is 2. The minimum atomic E-state index is -1.12. The molecule has 2 aromatic carbocycles. The van der Waals surface area contributed by atoms with E-state index in [9.17, 15) is 19.5 Å². The first-order chi connectivity index (χ1) is 16.9. The molecule has 0 fully saturated rings. The third-order valence-corrected chi connectivity index (χ3v) is 6.25. The third kappa shape index (κ3) is 5.03. The van der Waals surface area contributed by atoms with Gasteiger partial charge in [0, 0.05) is 13.0 Å². The number of hydrogen-bond acceptors (Lipinski definition) is 5. The fourth-order valence-corrected chi connectivity index (χ4v) is 4.49. The van der Waals surface area contributed by atoms with Crippen LogP contribution in [0.1, 0.15) is 52.9 Å². The van der Waals surface area contributed by atoms with Crippen molar-refractivity contribution in [1.82, 2.24) is 20.4 Å². The zero-order valence-corrected chi connectivity index (χ0v) is 19.7. The molecule has 3 N–H and O–H groups in total. The maximum atomic E-state index is 12.8. The van der Waals surface area contributed by atoms with Crippen LogP contribution in [-0.4, -0.2) is 45.5 Å². The summed E-state index contributed by atoms with van der Waals surface area (Å²) in [6.07, 6.45) is 1.63. The van der Waals surface area contributed by atoms with Crippen LogP contribution >= 0.6 is 0 Å². The van der Waals surface area contributed by atoms with Crippen molar-refractivity contribution in [2.24, 2.45) is 7.05 Å². The molecule has 0 radical (unpaired) electrons. The van der Waals surface area contributed by atoms with Gasteiger partial charge in [0.15, 0.2) is 0 Å². The van der Waals surface area contributed by atoms with E-state index in [0.717, 1.165) is 22.3 Å². The second kappa shape index (κ2) is 10.4. The monoisotopic (exact) mass is 476 g/mol. The van der Waals surface area contributed by atoms with Crippen LogP contribution in [0.3, 0.4) is 0 Å². The largest absolute Gasteiger partial charge is 0.478 e. The lowest BCUT2D eigenvalue weighted by Gasteiger charge is -2.19. The topological polar surface area (TPSA) is 123 Å². The summed E-state index contributed by atoms with van der Waals surface area (Å²) in [5.74, 6) is -1.62. The molecule has 4 rings (SSSR count). The third-order valence-electron chi connectivity index (χ3n) is 6.25.